The van der Waals surface area contributed by atoms with Crippen molar-refractivity contribution in [2.75, 3.05) is 19.5 Å². The number of benzene rings is 2. The number of rotatable bonds is 5. The maximum Gasteiger partial charge on any atom is 0.248 e. The number of carbonyl (C=O) groups excluding carboxylic acids is 1. The summed E-state index contributed by atoms with van der Waals surface area (Å²) in [5, 5.41) is 2.58. The van der Waals surface area contributed by atoms with Crippen molar-refractivity contribution in [1.29, 1.82) is 0 Å². The first kappa shape index (κ1) is 15.6. The highest BCUT2D eigenvalue weighted by molar-refractivity contribution is 6.02. The molecule has 0 saturated heterocycles. The van der Waals surface area contributed by atoms with Crippen molar-refractivity contribution < 1.29 is 18.7 Å². The molecule has 0 heterocycles. The van der Waals surface area contributed by atoms with Crippen molar-refractivity contribution in [3.63, 3.8) is 0 Å². The van der Waals surface area contributed by atoms with Crippen molar-refractivity contribution >= 4 is 17.7 Å². The minimum Gasteiger partial charge on any atom is -0.497 e. The number of amides is 1. The lowest BCUT2D eigenvalue weighted by Gasteiger charge is -2.07. The number of ether oxygens (including phenoxy) is 2. The third kappa shape index (κ3) is 4.09. The summed E-state index contributed by atoms with van der Waals surface area (Å²) >= 11 is 0. The van der Waals surface area contributed by atoms with Crippen LogP contribution in [0.2, 0.25) is 0 Å². The van der Waals surface area contributed by atoms with Gasteiger partial charge in [-0.1, -0.05) is 6.07 Å². The van der Waals surface area contributed by atoms with E-state index in [4.69, 9.17) is 9.47 Å². The lowest BCUT2D eigenvalue weighted by molar-refractivity contribution is -0.111. The molecule has 0 radical (unpaired) electrons. The molecule has 4 nitrogen and oxygen atoms in total. The minimum absolute atomic E-state index is 0.365. The van der Waals surface area contributed by atoms with Crippen LogP contribution in [0, 0.1) is 5.82 Å². The van der Waals surface area contributed by atoms with Crippen LogP contribution in [0.4, 0.5) is 10.1 Å². The predicted octanol–water partition coefficient (Wildman–Crippen LogP) is 3.49. The summed E-state index contributed by atoms with van der Waals surface area (Å²) < 4.78 is 23.4. The molecule has 0 aliphatic carbocycles. The molecule has 2 aromatic carbocycles. The predicted molar refractivity (Wildman–Crippen MR) is 83.6 cm³/mol. The second-order valence-electron chi connectivity index (χ2n) is 4.44. The van der Waals surface area contributed by atoms with E-state index < -0.39 is 5.82 Å². The van der Waals surface area contributed by atoms with E-state index in [0.717, 1.165) is 0 Å². The Kier molecular flexibility index (Phi) is 5.14. The molecule has 0 unspecified atom stereocenters. The normalized spacial score (nSPS) is 10.5. The van der Waals surface area contributed by atoms with E-state index in [-0.39, 0.29) is 5.91 Å². The van der Waals surface area contributed by atoms with E-state index >= 15 is 0 Å². The molecule has 5 heteroatoms. The highest BCUT2D eigenvalue weighted by Gasteiger charge is 2.03. The molecule has 0 atom stereocenters. The van der Waals surface area contributed by atoms with E-state index in [9.17, 15) is 9.18 Å². The maximum atomic E-state index is 13.1. The molecule has 0 fully saturated rings. The summed E-state index contributed by atoms with van der Waals surface area (Å²) in [6.07, 6.45) is 2.96. The number of methoxy groups -OCH3 is 2. The van der Waals surface area contributed by atoms with Crippen molar-refractivity contribution in [2.24, 2.45) is 0 Å². The summed E-state index contributed by atoms with van der Waals surface area (Å²) in [4.78, 5) is 11.9. The molecular formula is C17H16FNO3. The van der Waals surface area contributed by atoms with Crippen LogP contribution in [0.3, 0.4) is 0 Å². The number of halogens is 1. The van der Waals surface area contributed by atoms with Crippen molar-refractivity contribution in [2.45, 2.75) is 0 Å². The van der Waals surface area contributed by atoms with Gasteiger partial charge in [0.2, 0.25) is 5.91 Å². The average molecular weight is 301 g/mol. The van der Waals surface area contributed by atoms with E-state index in [2.05, 4.69) is 5.32 Å². The van der Waals surface area contributed by atoms with Gasteiger partial charge < -0.3 is 14.8 Å². The van der Waals surface area contributed by atoms with Gasteiger partial charge in [-0.05, 0) is 42.5 Å². The SMILES string of the molecule is COc1ccc(OC)c(C=CC(=O)Nc2cccc(F)c2)c1. The van der Waals surface area contributed by atoms with Crippen LogP contribution in [-0.4, -0.2) is 20.1 Å². The van der Waals surface area contributed by atoms with Gasteiger partial charge in [-0.3, -0.25) is 4.79 Å². The fourth-order valence-corrected chi connectivity index (χ4v) is 1.89. The zero-order chi connectivity index (χ0) is 15.9. The van der Waals surface area contributed by atoms with Gasteiger partial charge in [-0.25, -0.2) is 4.39 Å². The molecule has 2 aromatic rings. The summed E-state index contributed by atoms with van der Waals surface area (Å²) in [5.74, 6) is 0.508. The molecule has 1 N–H and O–H groups in total. The lowest BCUT2D eigenvalue weighted by Crippen LogP contribution is -2.07. The highest BCUT2D eigenvalue weighted by atomic mass is 19.1. The van der Waals surface area contributed by atoms with Gasteiger partial charge in [0, 0.05) is 17.3 Å². The second-order valence-corrected chi connectivity index (χ2v) is 4.44. The second kappa shape index (κ2) is 7.26. The summed E-state index contributed by atoms with van der Waals surface area (Å²) in [6, 6.07) is 11.0. The zero-order valence-corrected chi connectivity index (χ0v) is 12.3. The van der Waals surface area contributed by atoms with Gasteiger partial charge in [0.05, 0.1) is 14.2 Å². The molecule has 2 rings (SSSR count). The van der Waals surface area contributed by atoms with E-state index in [1.165, 1.54) is 24.3 Å². The number of carbonyl (C=O) groups is 1. The Balaban J connectivity index is 2.12. The number of anilines is 1. The van der Waals surface area contributed by atoms with Gasteiger partial charge in [-0.2, -0.15) is 0 Å². The third-order valence-corrected chi connectivity index (χ3v) is 2.94. The van der Waals surface area contributed by atoms with Crippen LogP contribution in [-0.2, 0) is 4.79 Å². The van der Waals surface area contributed by atoms with E-state index in [1.54, 1.807) is 44.6 Å². The first-order valence-corrected chi connectivity index (χ1v) is 6.59. The number of nitrogens with one attached hydrogen (secondary N) is 1. The fraction of sp³-hybridized carbons (Fsp3) is 0.118. The van der Waals surface area contributed by atoms with Gasteiger partial charge in [0.25, 0.3) is 0 Å². The zero-order valence-electron chi connectivity index (χ0n) is 12.3. The van der Waals surface area contributed by atoms with E-state index in [0.29, 0.717) is 22.7 Å². The Morgan fingerprint density at radius 3 is 2.64 bits per heavy atom. The molecule has 0 saturated carbocycles. The Labute approximate surface area is 128 Å². The van der Waals surface area contributed by atoms with Gasteiger partial charge in [0.1, 0.15) is 17.3 Å². The van der Waals surface area contributed by atoms with Crippen LogP contribution in [0.5, 0.6) is 11.5 Å². The molecule has 0 bridgehead atoms. The first-order valence-electron chi connectivity index (χ1n) is 6.59. The first-order chi connectivity index (χ1) is 10.6. The van der Waals surface area contributed by atoms with Crippen LogP contribution in [0.1, 0.15) is 5.56 Å². The Hall–Kier alpha value is -2.82. The Bertz CT molecular complexity index is 698. The van der Waals surface area contributed by atoms with Crippen LogP contribution < -0.4 is 14.8 Å². The quantitative estimate of drug-likeness (QED) is 0.860. The largest absolute Gasteiger partial charge is 0.497 e. The Morgan fingerprint density at radius 1 is 1.14 bits per heavy atom. The molecular weight excluding hydrogens is 285 g/mol. The van der Waals surface area contributed by atoms with Crippen molar-refractivity contribution in [3.05, 3.63) is 59.9 Å². The molecule has 0 aliphatic rings. The summed E-state index contributed by atoms with van der Waals surface area (Å²) in [5.41, 5.74) is 1.10. The molecule has 0 aromatic heterocycles. The monoisotopic (exact) mass is 301 g/mol. The van der Waals surface area contributed by atoms with Gasteiger partial charge >= 0.3 is 0 Å². The van der Waals surface area contributed by atoms with E-state index in [1.807, 2.05) is 0 Å². The number of hydrogen-bond donors (Lipinski definition) is 1. The van der Waals surface area contributed by atoms with Crippen LogP contribution >= 0.6 is 0 Å². The minimum atomic E-state index is -0.406. The number of hydrogen-bond acceptors (Lipinski definition) is 3. The summed E-state index contributed by atoms with van der Waals surface area (Å²) in [7, 11) is 3.11. The molecule has 0 aliphatic heterocycles. The lowest BCUT2D eigenvalue weighted by atomic mass is 10.1. The fourth-order valence-electron chi connectivity index (χ4n) is 1.89. The third-order valence-electron chi connectivity index (χ3n) is 2.94. The Morgan fingerprint density at radius 2 is 1.95 bits per heavy atom. The smallest absolute Gasteiger partial charge is 0.248 e. The molecule has 114 valence electrons. The highest BCUT2D eigenvalue weighted by Crippen LogP contribution is 2.25. The van der Waals surface area contributed by atoms with Crippen LogP contribution in [0.15, 0.2) is 48.5 Å². The van der Waals surface area contributed by atoms with Crippen molar-refractivity contribution in [3.8, 4) is 11.5 Å². The maximum absolute atomic E-state index is 13.1. The van der Waals surface area contributed by atoms with Gasteiger partial charge in [0.15, 0.2) is 0 Å². The molecule has 0 spiro atoms. The molecule has 22 heavy (non-hydrogen) atoms. The standard InChI is InChI=1S/C17H16FNO3/c1-21-15-7-8-16(22-2)12(10-15)6-9-17(20)19-14-5-3-4-13(18)11-14/h3-11H,1-2H3,(H,19,20). The van der Waals surface area contributed by atoms with Crippen LogP contribution in [0.25, 0.3) is 6.08 Å². The summed E-state index contributed by atoms with van der Waals surface area (Å²) in [6.45, 7) is 0. The van der Waals surface area contributed by atoms with Gasteiger partial charge in [-0.15, -0.1) is 0 Å². The topological polar surface area (TPSA) is 47.6 Å². The molecule has 1 amide bonds. The van der Waals surface area contributed by atoms with Crippen molar-refractivity contribution in [1.82, 2.24) is 0 Å². The average Bonchev–Trinajstić information content (AvgIpc) is 2.52.